The van der Waals surface area contributed by atoms with E-state index in [-0.39, 0.29) is 5.56 Å². The van der Waals surface area contributed by atoms with Gasteiger partial charge < -0.3 is 15.8 Å². The topological polar surface area (TPSA) is 111 Å². The average molecular weight is 383 g/mol. The molecule has 0 aliphatic carbocycles. The second kappa shape index (κ2) is 7.55. The van der Waals surface area contributed by atoms with E-state index in [1.54, 1.807) is 12.3 Å². The number of nitrogens with one attached hydrogen (secondary N) is 1. The van der Waals surface area contributed by atoms with E-state index in [4.69, 9.17) is 10.5 Å². The van der Waals surface area contributed by atoms with Crippen LogP contribution < -0.4 is 11.1 Å². The maximum absolute atomic E-state index is 12.5. The summed E-state index contributed by atoms with van der Waals surface area (Å²) >= 11 is 1.16. The Morgan fingerprint density at radius 1 is 1.19 bits per heavy atom. The van der Waals surface area contributed by atoms with Gasteiger partial charge in [-0.05, 0) is 36.9 Å². The Hall–Kier alpha value is -3.26. The fourth-order valence-electron chi connectivity index (χ4n) is 2.80. The highest BCUT2D eigenvalue weighted by Gasteiger charge is 2.19. The van der Waals surface area contributed by atoms with Gasteiger partial charge in [-0.25, -0.2) is 4.79 Å². The molecular weight excluding hydrogens is 366 g/mol. The summed E-state index contributed by atoms with van der Waals surface area (Å²) in [6.07, 6.45) is 0. The molecule has 2 amide bonds. The molecule has 0 atom stereocenters. The van der Waals surface area contributed by atoms with Gasteiger partial charge in [0.15, 0.2) is 6.61 Å². The number of fused-ring (bicyclic) bond motifs is 1. The Balaban J connectivity index is 1.72. The lowest BCUT2D eigenvalue weighted by molar-refractivity contribution is -0.119. The van der Waals surface area contributed by atoms with Crippen molar-refractivity contribution in [3.05, 3.63) is 58.1 Å². The van der Waals surface area contributed by atoms with Crippen LogP contribution in [0, 0.1) is 13.8 Å². The number of benzene rings is 1. The number of para-hydroxylation sites is 1. The van der Waals surface area contributed by atoms with E-state index >= 15 is 0 Å². The molecule has 0 saturated heterocycles. The molecule has 0 radical (unpaired) electrons. The number of carbonyl (C=O) groups is 3. The van der Waals surface area contributed by atoms with Gasteiger partial charge in [0.25, 0.3) is 11.8 Å². The van der Waals surface area contributed by atoms with Gasteiger partial charge in [-0.1, -0.05) is 18.2 Å². The third-order valence-electron chi connectivity index (χ3n) is 4.06. The molecule has 0 aliphatic heterocycles. The summed E-state index contributed by atoms with van der Waals surface area (Å²) in [5, 5.41) is 5.33. The van der Waals surface area contributed by atoms with Gasteiger partial charge in [-0.15, -0.1) is 11.3 Å². The number of ether oxygens (including phenoxy) is 1. The van der Waals surface area contributed by atoms with Crippen LogP contribution in [0.4, 0.5) is 5.00 Å². The highest BCUT2D eigenvalue weighted by Crippen LogP contribution is 2.24. The van der Waals surface area contributed by atoms with Crippen molar-refractivity contribution in [3.8, 4) is 0 Å². The molecule has 0 aliphatic rings. The smallest absolute Gasteiger partial charge is 0.340 e. The number of anilines is 1. The summed E-state index contributed by atoms with van der Waals surface area (Å²) in [7, 11) is 0. The SMILES string of the molecule is Cc1nc2ccccc2c(C)c1C(=O)OCC(=O)Nc1sccc1C(N)=O. The first-order chi connectivity index (χ1) is 12.9. The van der Waals surface area contributed by atoms with Crippen LogP contribution in [0.5, 0.6) is 0 Å². The first-order valence-corrected chi connectivity index (χ1v) is 8.96. The fraction of sp³-hybridized carbons (Fsp3) is 0.158. The second-order valence-corrected chi connectivity index (χ2v) is 6.78. The number of hydrogen-bond donors (Lipinski definition) is 2. The van der Waals surface area contributed by atoms with Crippen LogP contribution in [-0.4, -0.2) is 29.4 Å². The monoisotopic (exact) mass is 383 g/mol. The van der Waals surface area contributed by atoms with Crippen molar-refractivity contribution >= 4 is 45.0 Å². The van der Waals surface area contributed by atoms with E-state index in [1.165, 1.54) is 6.07 Å². The van der Waals surface area contributed by atoms with Crippen molar-refractivity contribution in [2.75, 3.05) is 11.9 Å². The first-order valence-electron chi connectivity index (χ1n) is 8.08. The summed E-state index contributed by atoms with van der Waals surface area (Å²) in [5.41, 5.74) is 7.86. The predicted octanol–water partition coefficient (Wildman–Crippen LogP) is 2.81. The number of nitrogens with zero attached hydrogens (tertiary/aromatic N) is 1. The molecule has 0 fully saturated rings. The minimum Gasteiger partial charge on any atom is -0.452 e. The first kappa shape index (κ1) is 18.5. The molecule has 0 unspecified atom stereocenters. The van der Waals surface area contributed by atoms with Crippen LogP contribution in [0.2, 0.25) is 0 Å². The number of aromatic nitrogens is 1. The Bertz CT molecular complexity index is 1060. The molecule has 2 heterocycles. The van der Waals surface area contributed by atoms with E-state index in [9.17, 15) is 14.4 Å². The van der Waals surface area contributed by atoms with Gasteiger partial charge in [0.1, 0.15) is 5.00 Å². The maximum atomic E-state index is 12.5. The normalized spacial score (nSPS) is 10.6. The molecule has 7 nitrogen and oxygen atoms in total. The van der Waals surface area contributed by atoms with Crippen molar-refractivity contribution in [2.45, 2.75) is 13.8 Å². The molecular formula is C19H17N3O4S. The van der Waals surface area contributed by atoms with Crippen molar-refractivity contribution in [2.24, 2.45) is 5.73 Å². The number of thiophene rings is 1. The number of nitrogens with two attached hydrogens (primary N) is 1. The van der Waals surface area contributed by atoms with Gasteiger partial charge in [0, 0.05) is 5.39 Å². The zero-order valence-electron chi connectivity index (χ0n) is 14.7. The number of esters is 1. The second-order valence-electron chi connectivity index (χ2n) is 5.87. The zero-order valence-corrected chi connectivity index (χ0v) is 15.6. The van der Waals surface area contributed by atoms with Crippen molar-refractivity contribution in [3.63, 3.8) is 0 Å². The van der Waals surface area contributed by atoms with E-state index in [1.807, 2.05) is 31.2 Å². The predicted molar refractivity (Wildman–Crippen MR) is 103 cm³/mol. The molecule has 0 saturated carbocycles. The van der Waals surface area contributed by atoms with Gasteiger partial charge in [0.05, 0.1) is 22.3 Å². The summed E-state index contributed by atoms with van der Waals surface area (Å²) in [6, 6.07) is 9.01. The molecule has 138 valence electrons. The minimum atomic E-state index is -0.642. The van der Waals surface area contributed by atoms with E-state index in [2.05, 4.69) is 10.3 Å². The van der Waals surface area contributed by atoms with Gasteiger partial charge in [0.2, 0.25) is 0 Å². The number of carbonyl (C=O) groups excluding carboxylic acids is 3. The number of rotatable bonds is 5. The largest absolute Gasteiger partial charge is 0.452 e. The van der Waals surface area contributed by atoms with Gasteiger partial charge >= 0.3 is 5.97 Å². The third-order valence-corrected chi connectivity index (χ3v) is 4.88. The Morgan fingerprint density at radius 3 is 2.67 bits per heavy atom. The van der Waals surface area contributed by atoms with Crippen molar-refractivity contribution in [1.29, 1.82) is 0 Å². The van der Waals surface area contributed by atoms with Crippen molar-refractivity contribution < 1.29 is 19.1 Å². The molecule has 1 aromatic carbocycles. The molecule has 2 aromatic heterocycles. The lowest BCUT2D eigenvalue weighted by Crippen LogP contribution is -2.23. The number of primary amides is 1. The molecule has 3 N–H and O–H groups in total. The number of hydrogen-bond acceptors (Lipinski definition) is 6. The minimum absolute atomic E-state index is 0.213. The highest BCUT2D eigenvalue weighted by atomic mass is 32.1. The molecule has 0 spiro atoms. The van der Waals surface area contributed by atoms with Crippen molar-refractivity contribution in [1.82, 2.24) is 4.98 Å². The standard InChI is InChI=1S/C19H17N3O4S/c1-10-12-5-3-4-6-14(12)21-11(2)16(10)19(25)26-9-15(23)22-18-13(17(20)24)7-8-27-18/h3-8H,9H2,1-2H3,(H2,20,24)(H,22,23). The van der Waals surface area contributed by atoms with Crippen LogP contribution >= 0.6 is 11.3 Å². The lowest BCUT2D eigenvalue weighted by Gasteiger charge is -2.12. The third kappa shape index (κ3) is 3.80. The summed E-state index contributed by atoms with van der Waals surface area (Å²) in [6.45, 7) is 3.06. The Morgan fingerprint density at radius 2 is 1.93 bits per heavy atom. The molecule has 3 rings (SSSR count). The van der Waals surface area contributed by atoms with Crippen LogP contribution in [0.3, 0.4) is 0 Å². The quantitative estimate of drug-likeness (QED) is 0.658. The maximum Gasteiger partial charge on any atom is 0.340 e. The fourth-order valence-corrected chi connectivity index (χ4v) is 3.61. The van der Waals surface area contributed by atoms with Crippen LogP contribution in [0.15, 0.2) is 35.7 Å². The summed E-state index contributed by atoms with van der Waals surface area (Å²) in [5.74, 6) is -1.82. The number of pyridine rings is 1. The van der Waals surface area contributed by atoms with Crippen LogP contribution in [0.25, 0.3) is 10.9 Å². The Kier molecular flexibility index (Phi) is 5.18. The van der Waals surface area contributed by atoms with E-state index < -0.39 is 24.4 Å². The van der Waals surface area contributed by atoms with Crippen LogP contribution in [0.1, 0.15) is 32.0 Å². The van der Waals surface area contributed by atoms with E-state index in [0.717, 1.165) is 27.8 Å². The van der Waals surface area contributed by atoms with Crippen LogP contribution in [-0.2, 0) is 9.53 Å². The summed E-state index contributed by atoms with van der Waals surface area (Å²) in [4.78, 5) is 40.3. The van der Waals surface area contributed by atoms with Gasteiger partial charge in [-0.2, -0.15) is 0 Å². The highest BCUT2D eigenvalue weighted by molar-refractivity contribution is 7.14. The van der Waals surface area contributed by atoms with Gasteiger partial charge in [-0.3, -0.25) is 14.6 Å². The molecule has 0 bridgehead atoms. The number of amides is 2. The molecule has 27 heavy (non-hydrogen) atoms. The number of aryl methyl sites for hydroxylation is 2. The van der Waals surface area contributed by atoms with E-state index in [0.29, 0.717) is 16.3 Å². The average Bonchev–Trinajstić information content (AvgIpc) is 3.08. The molecule has 8 heteroatoms. The Labute approximate surface area is 159 Å². The lowest BCUT2D eigenvalue weighted by atomic mass is 10.0. The molecule has 3 aromatic rings. The zero-order chi connectivity index (χ0) is 19.6. The summed E-state index contributed by atoms with van der Waals surface area (Å²) < 4.78 is 5.15.